The number of fused-ring (bicyclic) bond motifs is 2. The lowest BCUT2D eigenvalue weighted by molar-refractivity contribution is -0.263. The molecule has 15 atom stereocenters. The van der Waals surface area contributed by atoms with Crippen LogP contribution in [0.3, 0.4) is 0 Å². The van der Waals surface area contributed by atoms with Crippen molar-refractivity contribution in [3.63, 3.8) is 0 Å². The Hall–Kier alpha value is -3.26. The first-order valence-electron chi connectivity index (χ1n) is 25.0. The number of amides is 1. The minimum absolute atomic E-state index is 0.0224. The number of nitrogens with one attached hydrogen (secondary N) is 1. The van der Waals surface area contributed by atoms with Crippen molar-refractivity contribution in [2.24, 2.45) is 35.5 Å². The number of rotatable bonds is 11. The van der Waals surface area contributed by atoms with Gasteiger partial charge in [0.05, 0.1) is 18.3 Å². The Morgan fingerprint density at radius 2 is 1.61 bits per heavy atom. The highest BCUT2D eigenvalue weighted by molar-refractivity contribution is 7.77. The van der Waals surface area contributed by atoms with Gasteiger partial charge >= 0.3 is 5.97 Å². The van der Waals surface area contributed by atoms with E-state index in [1.54, 1.807) is 72.1 Å². The molecule has 3 N–H and O–H groups in total. The number of hydrogen-bond donors (Lipinski definition) is 3. The van der Waals surface area contributed by atoms with Crippen molar-refractivity contribution in [3.8, 4) is 0 Å². The van der Waals surface area contributed by atoms with Crippen molar-refractivity contribution < 1.29 is 66.6 Å². The Morgan fingerprint density at radius 3 is 2.26 bits per heavy atom. The topological polar surface area (TPSA) is 227 Å². The first kappa shape index (κ1) is 58.3. The Labute approximate surface area is 412 Å². The molecule has 4 aliphatic rings. The number of hydrogen-bond acceptors (Lipinski definition) is 14. The number of aliphatic hydroxyl groups excluding tert-OH is 1. The third-order valence-corrected chi connectivity index (χ3v) is 15.4. The number of cyclic esters (lactones) is 1. The van der Waals surface area contributed by atoms with Gasteiger partial charge in [-0.25, -0.2) is 9.52 Å². The predicted octanol–water partition coefficient (Wildman–Crippen LogP) is 5.96. The van der Waals surface area contributed by atoms with Gasteiger partial charge in [0.15, 0.2) is 5.78 Å². The lowest BCUT2D eigenvalue weighted by Crippen LogP contribution is -2.59. The zero-order chi connectivity index (χ0) is 51.2. The van der Waals surface area contributed by atoms with E-state index in [-0.39, 0.29) is 54.9 Å². The number of carbonyl (C=O) groups is 5. The number of ketones is 3. The summed E-state index contributed by atoms with van der Waals surface area (Å²) in [6, 6.07) is -2.12. The van der Waals surface area contributed by atoms with Crippen LogP contribution in [0.5, 0.6) is 0 Å². The van der Waals surface area contributed by atoms with E-state index in [1.807, 2.05) is 13.0 Å². The maximum Gasteiger partial charge on any atom is 0.328 e. The molecule has 2 saturated carbocycles. The molecule has 0 aromatic heterocycles. The molecule has 1 saturated heterocycles. The van der Waals surface area contributed by atoms with Gasteiger partial charge in [-0.05, 0) is 108 Å². The van der Waals surface area contributed by atoms with Gasteiger partial charge in [0, 0.05) is 69.4 Å². The van der Waals surface area contributed by atoms with Crippen LogP contribution in [0.1, 0.15) is 132 Å². The normalized spacial score (nSPS) is 38.3. The summed E-state index contributed by atoms with van der Waals surface area (Å²) >= 11 is -2.68. The summed E-state index contributed by atoms with van der Waals surface area (Å²) in [6.07, 6.45) is 14.0. The van der Waals surface area contributed by atoms with Crippen LogP contribution in [0.4, 0.5) is 0 Å². The van der Waals surface area contributed by atoms with Gasteiger partial charge < -0.3 is 43.4 Å². The molecular formula is C52H81N2O14S-. The molecule has 2 heterocycles. The molecule has 16 nitrogen and oxygen atoms in total. The molecule has 3 fully saturated rings. The molecule has 0 spiro atoms. The number of nitrogens with zero attached hydrogens (tertiary/aromatic N) is 1. The molecule has 0 aromatic rings. The zero-order valence-electron chi connectivity index (χ0n) is 42.6. The molecule has 2 aliphatic carbocycles. The smallest absolute Gasteiger partial charge is 0.328 e. The van der Waals surface area contributed by atoms with Crippen LogP contribution in [0.2, 0.25) is 0 Å². The maximum atomic E-state index is 14.1. The van der Waals surface area contributed by atoms with Crippen LogP contribution in [-0.4, -0.2) is 135 Å². The van der Waals surface area contributed by atoms with Crippen molar-refractivity contribution in [3.05, 3.63) is 47.6 Å². The quantitative estimate of drug-likeness (QED) is 0.0940. The van der Waals surface area contributed by atoms with Crippen LogP contribution in [0.15, 0.2) is 47.6 Å². The second-order valence-corrected chi connectivity index (χ2v) is 21.0. The number of aliphatic hydroxyl groups is 2. The first-order valence-corrected chi connectivity index (χ1v) is 26.1. The highest BCUT2D eigenvalue weighted by Crippen LogP contribution is 2.38. The van der Waals surface area contributed by atoms with Crippen molar-refractivity contribution in [2.45, 2.75) is 186 Å². The van der Waals surface area contributed by atoms with Gasteiger partial charge in [-0.1, -0.05) is 82.6 Å². The minimum Gasteiger partial charge on any atom is -0.760 e. The van der Waals surface area contributed by atoms with Crippen molar-refractivity contribution >= 4 is 40.5 Å². The highest BCUT2D eigenvalue weighted by Gasteiger charge is 2.52. The van der Waals surface area contributed by atoms with E-state index < -0.39 is 89.0 Å². The van der Waals surface area contributed by atoms with Gasteiger partial charge in [-0.3, -0.25) is 23.4 Å². The fourth-order valence-corrected chi connectivity index (χ4v) is 10.2. The zero-order valence-corrected chi connectivity index (χ0v) is 43.4. The number of esters is 1. The van der Waals surface area contributed by atoms with Gasteiger partial charge in [-0.2, -0.15) is 0 Å². The molecule has 0 radical (unpaired) electrons. The predicted molar refractivity (Wildman–Crippen MR) is 260 cm³/mol. The van der Waals surface area contributed by atoms with Crippen molar-refractivity contribution in [1.82, 2.24) is 9.62 Å². The Bertz CT molecular complexity index is 1900. The monoisotopic (exact) mass is 990 g/mol. The number of ether oxygens (including phenoxy) is 5. The molecule has 2 aliphatic heterocycles. The minimum atomic E-state index is -2.68. The molecule has 8 unspecified atom stereocenters. The van der Waals surface area contributed by atoms with E-state index in [1.165, 1.54) is 33.9 Å². The third kappa shape index (κ3) is 16.9. The van der Waals surface area contributed by atoms with Crippen LogP contribution in [0.25, 0.3) is 0 Å². The van der Waals surface area contributed by atoms with Crippen molar-refractivity contribution in [2.75, 3.05) is 27.9 Å². The lowest BCUT2D eigenvalue weighted by atomic mass is 9.78. The highest BCUT2D eigenvalue weighted by atomic mass is 32.2. The van der Waals surface area contributed by atoms with Gasteiger partial charge in [0.25, 0.3) is 11.7 Å². The maximum absolute atomic E-state index is 14.1. The molecule has 4 rings (SSSR count). The van der Waals surface area contributed by atoms with Crippen LogP contribution >= 0.6 is 0 Å². The second kappa shape index (κ2) is 27.5. The summed E-state index contributed by atoms with van der Waals surface area (Å²) in [4.78, 5) is 70.6. The molecule has 2 bridgehead atoms. The van der Waals surface area contributed by atoms with E-state index in [9.17, 15) is 42.9 Å². The van der Waals surface area contributed by atoms with Crippen LogP contribution < -0.4 is 4.72 Å². The van der Waals surface area contributed by atoms with E-state index in [0.29, 0.717) is 43.4 Å². The molecule has 69 heavy (non-hydrogen) atoms. The average molecular weight is 990 g/mol. The summed E-state index contributed by atoms with van der Waals surface area (Å²) in [6.45, 7) is 12.4. The van der Waals surface area contributed by atoms with Crippen LogP contribution in [0, 0.1) is 35.5 Å². The summed E-state index contributed by atoms with van der Waals surface area (Å²) in [5, 5.41) is 23.2. The van der Waals surface area contributed by atoms with E-state index >= 15 is 0 Å². The fraction of sp³-hybridized carbons (Fsp3) is 0.750. The SMILES string of the molecule is COC1C(=O)C(C)CC/C=C/C=C/C=C(\C)C(NS(=O)[O-])C[C@H]2CC[C@H](C)[C@](O)(O2)C(=O)C(=O)N(C)C(C)C(=O)OC([C@H](C)C[C@@H]2CC[C@@H](OCCC3CC3)[C@H](OC)C2)CC(=O)C(C)/C=C(\C)C1O. The molecule has 0 aromatic carbocycles. The summed E-state index contributed by atoms with van der Waals surface area (Å²) in [5.41, 5.74) is 0.977. The standard InChI is InChI=1S/C52H82N2O14S/c1-31-16-14-12-11-13-15-17-32(2)46(56)48(65-10)47(57)35(5)26-33(3)42(55)30-44(34(4)27-39-21-23-43(45(28-39)64-9)66-25-24-38-19-20-38)67-51(60)37(7)54(8)50(59)49(58)52(61)36(6)18-22-40(68-52)29-41(31)53-69(62)63/h11-14,16,26,32-34,36-41,43-45,47-48,53,57,61H,15,17-25,27-30H2,1-10H3,(H,62,63)/p-1/b13-11+,14-12+,31-16+,35-26+/t32?,33?,34-,36+,37?,39+,40-,41?,43-,44?,45-,47?,48?,52+/m1/s1. The van der Waals surface area contributed by atoms with E-state index in [4.69, 9.17) is 23.7 Å². The number of carbonyl (C=O) groups excluding carboxylic acids is 5. The van der Waals surface area contributed by atoms with Crippen molar-refractivity contribution in [1.29, 1.82) is 0 Å². The Morgan fingerprint density at radius 1 is 0.913 bits per heavy atom. The Kier molecular flexibility index (Phi) is 23.3. The summed E-state index contributed by atoms with van der Waals surface area (Å²) in [5.74, 6) is -7.97. The van der Waals surface area contributed by atoms with E-state index in [0.717, 1.165) is 36.5 Å². The molecule has 1 amide bonds. The number of Topliss-reactive ketones (excluding diaryl/α,β-unsaturated/α-hetero) is 3. The number of likely N-dealkylation sites (N-methyl/N-ethyl adjacent to an activating group) is 1. The van der Waals surface area contributed by atoms with Gasteiger partial charge in [0.1, 0.15) is 30.1 Å². The average Bonchev–Trinajstić information content (AvgIpc) is 4.15. The second-order valence-electron chi connectivity index (χ2n) is 20.3. The van der Waals surface area contributed by atoms with Crippen LogP contribution in [-0.2, 0) is 58.9 Å². The number of methoxy groups -OCH3 is 2. The third-order valence-electron chi connectivity index (χ3n) is 15.0. The summed E-state index contributed by atoms with van der Waals surface area (Å²) in [7, 11) is 4.29. The lowest BCUT2D eigenvalue weighted by Gasteiger charge is -2.42. The Balaban J connectivity index is 1.63. The van der Waals surface area contributed by atoms with Gasteiger partial charge in [-0.15, -0.1) is 0 Å². The fourth-order valence-electron chi connectivity index (χ4n) is 9.71. The molecule has 17 heteroatoms. The molecule has 390 valence electrons. The van der Waals surface area contributed by atoms with Gasteiger partial charge in [0.2, 0.25) is 5.79 Å². The largest absolute Gasteiger partial charge is 0.760 e. The first-order chi connectivity index (χ1) is 32.6. The summed E-state index contributed by atoms with van der Waals surface area (Å²) < 4.78 is 56.1. The van der Waals surface area contributed by atoms with E-state index in [2.05, 4.69) is 4.72 Å². The molecular weight excluding hydrogens is 909 g/mol. The number of allylic oxidation sites excluding steroid dienone is 6.